The van der Waals surface area contributed by atoms with Crippen molar-refractivity contribution in [1.82, 2.24) is 10.2 Å². The van der Waals surface area contributed by atoms with Gasteiger partial charge in [0.15, 0.2) is 0 Å². The van der Waals surface area contributed by atoms with E-state index in [1.807, 2.05) is 0 Å². The maximum absolute atomic E-state index is 11.6. The number of nitrogens with zero attached hydrogens (tertiary/aromatic N) is 1. The second kappa shape index (κ2) is 6.13. The Kier molecular flexibility index (Phi) is 4.80. The monoisotopic (exact) mass is 224 g/mol. The highest BCUT2D eigenvalue weighted by Crippen LogP contribution is 2.29. The number of terminal acetylenes is 1. The van der Waals surface area contributed by atoms with Crippen molar-refractivity contribution < 1.29 is 14.7 Å². The molecule has 0 atom stereocenters. The van der Waals surface area contributed by atoms with Crippen molar-refractivity contribution in [2.24, 2.45) is 5.92 Å². The number of aliphatic carboxylic acids is 1. The molecule has 0 aromatic rings. The molecule has 0 heterocycles. The van der Waals surface area contributed by atoms with Crippen molar-refractivity contribution in [2.45, 2.75) is 12.8 Å². The minimum Gasteiger partial charge on any atom is -0.480 e. The van der Waals surface area contributed by atoms with Crippen LogP contribution in [-0.2, 0) is 9.59 Å². The lowest BCUT2D eigenvalue weighted by atomic mass is 10.3. The topological polar surface area (TPSA) is 69.6 Å². The fourth-order valence-corrected chi connectivity index (χ4v) is 1.38. The normalized spacial score (nSPS) is 14.2. The summed E-state index contributed by atoms with van der Waals surface area (Å²) in [5, 5.41) is 11.5. The number of carboxylic acids is 1. The molecular weight excluding hydrogens is 208 g/mol. The van der Waals surface area contributed by atoms with E-state index in [1.54, 1.807) is 0 Å². The Morgan fingerprint density at radius 2 is 2.19 bits per heavy atom. The standard InChI is InChI=1S/C11H16N2O3/c1-2-5-12-6-10(14)13(8-11(15)16)7-9-3-4-9/h1,9,12H,3-8H2,(H,15,16). The number of hydrogen-bond acceptors (Lipinski definition) is 3. The van der Waals surface area contributed by atoms with Crippen molar-refractivity contribution in [1.29, 1.82) is 0 Å². The third-order valence-electron chi connectivity index (χ3n) is 2.36. The van der Waals surface area contributed by atoms with Gasteiger partial charge in [-0.3, -0.25) is 14.9 Å². The summed E-state index contributed by atoms with van der Waals surface area (Å²) >= 11 is 0. The van der Waals surface area contributed by atoms with Crippen LogP contribution in [0.3, 0.4) is 0 Å². The molecule has 0 saturated heterocycles. The van der Waals surface area contributed by atoms with Crippen molar-refractivity contribution in [3.63, 3.8) is 0 Å². The molecule has 5 heteroatoms. The van der Waals surface area contributed by atoms with Crippen molar-refractivity contribution in [3.8, 4) is 12.3 Å². The average Bonchev–Trinajstić information content (AvgIpc) is 3.00. The average molecular weight is 224 g/mol. The Labute approximate surface area is 94.8 Å². The highest BCUT2D eigenvalue weighted by Gasteiger charge is 2.27. The van der Waals surface area contributed by atoms with Crippen LogP contribution in [0.1, 0.15) is 12.8 Å². The fourth-order valence-electron chi connectivity index (χ4n) is 1.38. The summed E-state index contributed by atoms with van der Waals surface area (Å²) in [6, 6.07) is 0. The Morgan fingerprint density at radius 3 is 2.69 bits per heavy atom. The smallest absolute Gasteiger partial charge is 0.323 e. The Bertz CT molecular complexity index is 305. The van der Waals surface area contributed by atoms with Crippen molar-refractivity contribution in [2.75, 3.05) is 26.2 Å². The van der Waals surface area contributed by atoms with E-state index in [2.05, 4.69) is 11.2 Å². The lowest BCUT2D eigenvalue weighted by Crippen LogP contribution is -2.42. The first-order valence-corrected chi connectivity index (χ1v) is 5.27. The van der Waals surface area contributed by atoms with E-state index >= 15 is 0 Å². The SMILES string of the molecule is C#CCNCC(=O)N(CC(=O)O)CC1CC1. The molecule has 1 aliphatic carbocycles. The van der Waals surface area contributed by atoms with E-state index in [9.17, 15) is 9.59 Å². The third kappa shape index (κ3) is 4.80. The van der Waals surface area contributed by atoms with Gasteiger partial charge in [0, 0.05) is 6.54 Å². The van der Waals surface area contributed by atoms with Gasteiger partial charge >= 0.3 is 5.97 Å². The number of carboxylic acid groups (broad SMARTS) is 1. The number of nitrogens with one attached hydrogen (secondary N) is 1. The van der Waals surface area contributed by atoms with Gasteiger partial charge in [0.05, 0.1) is 13.1 Å². The zero-order valence-electron chi connectivity index (χ0n) is 9.11. The van der Waals surface area contributed by atoms with Crippen LogP contribution in [0.15, 0.2) is 0 Å². The van der Waals surface area contributed by atoms with E-state index in [-0.39, 0.29) is 19.0 Å². The molecule has 16 heavy (non-hydrogen) atoms. The van der Waals surface area contributed by atoms with Gasteiger partial charge in [-0.05, 0) is 18.8 Å². The van der Waals surface area contributed by atoms with Crippen LogP contribution in [0, 0.1) is 18.3 Å². The molecule has 1 aliphatic rings. The molecule has 0 aromatic carbocycles. The van der Waals surface area contributed by atoms with Crippen LogP contribution in [0.5, 0.6) is 0 Å². The van der Waals surface area contributed by atoms with Gasteiger partial charge in [0.1, 0.15) is 6.54 Å². The summed E-state index contributed by atoms with van der Waals surface area (Å²) in [6.07, 6.45) is 7.20. The van der Waals surface area contributed by atoms with Crippen LogP contribution < -0.4 is 5.32 Å². The Hall–Kier alpha value is -1.54. The minimum atomic E-state index is -0.981. The predicted octanol–water partition coefficient (Wildman–Crippen LogP) is -0.468. The number of carbonyl (C=O) groups excluding carboxylic acids is 1. The Balaban J connectivity index is 2.36. The fraction of sp³-hybridized carbons (Fsp3) is 0.636. The van der Waals surface area contributed by atoms with Crippen molar-refractivity contribution in [3.05, 3.63) is 0 Å². The van der Waals surface area contributed by atoms with Crippen LogP contribution in [0.2, 0.25) is 0 Å². The highest BCUT2D eigenvalue weighted by atomic mass is 16.4. The van der Waals surface area contributed by atoms with Crippen LogP contribution >= 0.6 is 0 Å². The number of hydrogen-bond donors (Lipinski definition) is 2. The van der Waals surface area contributed by atoms with Gasteiger partial charge in [-0.2, -0.15) is 0 Å². The van der Waals surface area contributed by atoms with Crippen LogP contribution in [0.25, 0.3) is 0 Å². The number of carbonyl (C=O) groups is 2. The summed E-state index contributed by atoms with van der Waals surface area (Å²) < 4.78 is 0. The molecule has 0 aromatic heterocycles. The van der Waals surface area contributed by atoms with Crippen LogP contribution in [0.4, 0.5) is 0 Å². The van der Waals surface area contributed by atoms with Crippen LogP contribution in [-0.4, -0.2) is 48.1 Å². The molecule has 2 N–H and O–H groups in total. The second-order valence-corrected chi connectivity index (χ2v) is 3.92. The number of amides is 1. The summed E-state index contributed by atoms with van der Waals surface area (Å²) in [6.45, 7) is 0.732. The third-order valence-corrected chi connectivity index (χ3v) is 2.36. The first-order chi connectivity index (χ1) is 7.63. The predicted molar refractivity (Wildman–Crippen MR) is 58.6 cm³/mol. The lowest BCUT2D eigenvalue weighted by Gasteiger charge is -2.20. The summed E-state index contributed by atoms with van der Waals surface area (Å²) in [5.74, 6) is 1.66. The maximum Gasteiger partial charge on any atom is 0.323 e. The number of rotatable bonds is 7. The van der Waals surface area contributed by atoms with Gasteiger partial charge in [-0.25, -0.2) is 0 Å². The molecule has 1 fully saturated rings. The summed E-state index contributed by atoms with van der Waals surface area (Å²) in [5.41, 5.74) is 0. The first-order valence-electron chi connectivity index (χ1n) is 5.27. The molecule has 0 unspecified atom stereocenters. The molecule has 0 aliphatic heterocycles. The molecule has 0 bridgehead atoms. The molecule has 0 radical (unpaired) electrons. The summed E-state index contributed by atoms with van der Waals surface area (Å²) in [4.78, 5) is 23.6. The zero-order valence-corrected chi connectivity index (χ0v) is 9.11. The van der Waals surface area contributed by atoms with Gasteiger partial charge in [-0.1, -0.05) is 5.92 Å². The molecule has 1 rings (SSSR count). The van der Waals surface area contributed by atoms with Crippen molar-refractivity contribution >= 4 is 11.9 Å². The van der Waals surface area contributed by atoms with Gasteiger partial charge in [-0.15, -0.1) is 6.42 Å². The largest absolute Gasteiger partial charge is 0.480 e. The molecule has 0 spiro atoms. The molecule has 1 amide bonds. The molecule has 1 saturated carbocycles. The van der Waals surface area contributed by atoms with E-state index < -0.39 is 5.97 Å². The van der Waals surface area contributed by atoms with E-state index in [0.29, 0.717) is 19.0 Å². The second-order valence-electron chi connectivity index (χ2n) is 3.92. The summed E-state index contributed by atoms with van der Waals surface area (Å²) in [7, 11) is 0. The highest BCUT2D eigenvalue weighted by molar-refractivity contribution is 5.82. The lowest BCUT2D eigenvalue weighted by molar-refractivity contribution is -0.144. The van der Waals surface area contributed by atoms with E-state index in [0.717, 1.165) is 12.8 Å². The molecular formula is C11H16N2O3. The quantitative estimate of drug-likeness (QED) is 0.453. The van der Waals surface area contributed by atoms with Gasteiger partial charge in [0.25, 0.3) is 0 Å². The molecule has 88 valence electrons. The minimum absolute atomic E-state index is 0.101. The first kappa shape index (κ1) is 12.5. The van der Waals surface area contributed by atoms with E-state index in [4.69, 9.17) is 11.5 Å². The van der Waals surface area contributed by atoms with E-state index in [1.165, 1.54) is 4.90 Å². The van der Waals surface area contributed by atoms with Gasteiger partial charge in [0.2, 0.25) is 5.91 Å². The zero-order chi connectivity index (χ0) is 12.0. The maximum atomic E-state index is 11.6. The molecule has 5 nitrogen and oxygen atoms in total. The Morgan fingerprint density at radius 1 is 1.50 bits per heavy atom. The van der Waals surface area contributed by atoms with Gasteiger partial charge < -0.3 is 10.0 Å².